The Morgan fingerprint density at radius 2 is 1.59 bits per heavy atom. The lowest BCUT2D eigenvalue weighted by Crippen LogP contribution is -2.27. The van der Waals surface area contributed by atoms with E-state index >= 15 is 0 Å². The summed E-state index contributed by atoms with van der Waals surface area (Å²) in [5.41, 5.74) is 1.60. The molecular weight excluding hydrogens is 346 g/mol. The molecule has 0 spiro atoms. The second-order valence-corrected chi connectivity index (χ2v) is 5.74. The molecule has 7 nitrogen and oxygen atoms in total. The second-order valence-electron chi connectivity index (χ2n) is 5.74. The van der Waals surface area contributed by atoms with Crippen LogP contribution in [0.15, 0.2) is 59.4 Å². The Labute approximate surface area is 156 Å². The first-order valence-electron chi connectivity index (χ1n) is 8.26. The Balaban J connectivity index is 1.75. The third-order valence-corrected chi connectivity index (χ3v) is 3.99. The summed E-state index contributed by atoms with van der Waals surface area (Å²) >= 11 is 0. The monoisotopic (exact) mass is 365 g/mol. The molecule has 0 saturated heterocycles. The number of carbonyl (C=O) groups is 1. The van der Waals surface area contributed by atoms with Crippen LogP contribution in [-0.4, -0.2) is 30.1 Å². The predicted octanol–water partition coefficient (Wildman–Crippen LogP) is 2.38. The van der Waals surface area contributed by atoms with Gasteiger partial charge in [0.15, 0.2) is 0 Å². The van der Waals surface area contributed by atoms with E-state index < -0.39 is 5.69 Å². The van der Waals surface area contributed by atoms with Crippen LogP contribution in [0.25, 0.3) is 11.3 Å². The van der Waals surface area contributed by atoms with Gasteiger partial charge in [-0.15, -0.1) is 0 Å². The van der Waals surface area contributed by atoms with E-state index in [2.05, 4.69) is 15.3 Å². The molecule has 0 bridgehead atoms. The number of H-pyrrole nitrogens is 1. The van der Waals surface area contributed by atoms with Crippen LogP contribution in [-0.2, 0) is 6.54 Å². The number of nitrogens with zero attached hydrogens (tertiary/aromatic N) is 1. The van der Waals surface area contributed by atoms with Gasteiger partial charge >= 0.3 is 5.69 Å². The number of ether oxygens (including phenoxy) is 2. The van der Waals surface area contributed by atoms with Crippen LogP contribution in [0, 0.1) is 0 Å². The van der Waals surface area contributed by atoms with Crippen molar-refractivity contribution in [2.24, 2.45) is 0 Å². The highest BCUT2D eigenvalue weighted by atomic mass is 16.5. The van der Waals surface area contributed by atoms with Gasteiger partial charge in [-0.2, -0.15) is 4.98 Å². The highest BCUT2D eigenvalue weighted by molar-refractivity contribution is 5.93. The molecule has 0 aliphatic carbocycles. The molecule has 3 rings (SSSR count). The fourth-order valence-electron chi connectivity index (χ4n) is 2.51. The van der Waals surface area contributed by atoms with Crippen molar-refractivity contribution in [3.8, 4) is 22.8 Å². The number of hydrogen-bond acceptors (Lipinski definition) is 5. The molecule has 7 heteroatoms. The molecular formula is C20H19N3O4. The van der Waals surface area contributed by atoms with Gasteiger partial charge in [0, 0.05) is 12.1 Å². The van der Waals surface area contributed by atoms with Crippen molar-refractivity contribution < 1.29 is 14.3 Å². The van der Waals surface area contributed by atoms with E-state index in [0.717, 1.165) is 11.3 Å². The van der Waals surface area contributed by atoms with Crippen molar-refractivity contribution in [1.29, 1.82) is 0 Å². The lowest BCUT2D eigenvalue weighted by atomic mass is 10.1. The van der Waals surface area contributed by atoms with Crippen LogP contribution < -0.4 is 20.5 Å². The van der Waals surface area contributed by atoms with Crippen LogP contribution in [0.3, 0.4) is 0 Å². The van der Waals surface area contributed by atoms with Gasteiger partial charge in [0.2, 0.25) is 0 Å². The van der Waals surface area contributed by atoms with E-state index in [9.17, 15) is 9.59 Å². The molecule has 0 aliphatic heterocycles. The lowest BCUT2D eigenvalue weighted by Gasteiger charge is -2.08. The molecule has 2 N–H and O–H groups in total. The van der Waals surface area contributed by atoms with Crippen LogP contribution in [0.5, 0.6) is 11.5 Å². The second kappa shape index (κ2) is 8.18. The van der Waals surface area contributed by atoms with Crippen molar-refractivity contribution in [1.82, 2.24) is 15.3 Å². The Morgan fingerprint density at radius 1 is 1.00 bits per heavy atom. The predicted molar refractivity (Wildman–Crippen MR) is 101 cm³/mol. The van der Waals surface area contributed by atoms with E-state index in [1.54, 1.807) is 44.6 Å². The highest BCUT2D eigenvalue weighted by Crippen LogP contribution is 2.20. The van der Waals surface area contributed by atoms with Crippen LogP contribution in [0.4, 0.5) is 0 Å². The molecule has 1 amide bonds. The minimum Gasteiger partial charge on any atom is -0.497 e. The fourth-order valence-corrected chi connectivity index (χ4v) is 2.51. The van der Waals surface area contributed by atoms with Gasteiger partial charge in [-0.25, -0.2) is 4.79 Å². The average molecular weight is 365 g/mol. The summed E-state index contributed by atoms with van der Waals surface area (Å²) in [7, 11) is 3.17. The van der Waals surface area contributed by atoms with Gasteiger partial charge in [-0.05, 0) is 48.0 Å². The molecule has 1 aromatic heterocycles. The summed E-state index contributed by atoms with van der Waals surface area (Å²) in [4.78, 5) is 30.7. The summed E-state index contributed by atoms with van der Waals surface area (Å²) in [5, 5.41) is 2.78. The maximum absolute atomic E-state index is 12.4. The first-order valence-corrected chi connectivity index (χ1v) is 8.26. The summed E-state index contributed by atoms with van der Waals surface area (Å²) < 4.78 is 10.2. The number of hydrogen-bond donors (Lipinski definition) is 2. The first kappa shape index (κ1) is 18.2. The van der Waals surface area contributed by atoms with Crippen molar-refractivity contribution in [3.05, 3.63) is 76.3 Å². The minimum atomic E-state index is -0.585. The normalized spacial score (nSPS) is 10.3. The van der Waals surface area contributed by atoms with Gasteiger partial charge in [0.25, 0.3) is 5.91 Å². The maximum Gasteiger partial charge on any atom is 0.346 e. The third-order valence-electron chi connectivity index (χ3n) is 3.99. The zero-order valence-corrected chi connectivity index (χ0v) is 15.0. The van der Waals surface area contributed by atoms with Crippen molar-refractivity contribution in [2.45, 2.75) is 6.54 Å². The van der Waals surface area contributed by atoms with Crippen molar-refractivity contribution >= 4 is 5.91 Å². The van der Waals surface area contributed by atoms with Gasteiger partial charge in [0.1, 0.15) is 17.2 Å². The Kier molecular flexibility index (Phi) is 5.51. The van der Waals surface area contributed by atoms with Gasteiger partial charge in [0.05, 0.1) is 19.9 Å². The Morgan fingerprint density at radius 3 is 2.19 bits per heavy atom. The molecule has 0 unspecified atom stereocenters. The number of rotatable bonds is 6. The number of nitrogens with one attached hydrogen (secondary N) is 2. The largest absolute Gasteiger partial charge is 0.497 e. The molecule has 0 saturated carbocycles. The smallest absolute Gasteiger partial charge is 0.346 e. The fraction of sp³-hybridized carbons (Fsp3) is 0.150. The Hall–Kier alpha value is -3.61. The Bertz CT molecular complexity index is 979. The number of aromatic nitrogens is 2. The van der Waals surface area contributed by atoms with Crippen molar-refractivity contribution in [2.75, 3.05) is 14.2 Å². The number of amides is 1. The van der Waals surface area contributed by atoms with E-state index in [-0.39, 0.29) is 11.6 Å². The van der Waals surface area contributed by atoms with Crippen molar-refractivity contribution in [3.63, 3.8) is 0 Å². The molecule has 27 heavy (non-hydrogen) atoms. The third kappa shape index (κ3) is 4.52. The number of methoxy groups -OCH3 is 2. The quantitative estimate of drug-likeness (QED) is 0.700. The molecule has 138 valence electrons. The number of aromatic amines is 1. The molecule has 3 aromatic rings. The molecule has 0 radical (unpaired) electrons. The van der Waals surface area contributed by atoms with Crippen LogP contribution in [0.2, 0.25) is 0 Å². The molecule has 2 aromatic carbocycles. The molecule has 0 fully saturated rings. The zero-order chi connectivity index (χ0) is 19.2. The summed E-state index contributed by atoms with van der Waals surface area (Å²) in [6.45, 7) is 0.324. The maximum atomic E-state index is 12.4. The van der Waals surface area contributed by atoms with Gasteiger partial charge in [-0.1, -0.05) is 12.1 Å². The van der Waals surface area contributed by atoms with E-state index in [4.69, 9.17) is 9.47 Å². The van der Waals surface area contributed by atoms with Crippen LogP contribution >= 0.6 is 0 Å². The minimum absolute atomic E-state index is 0.148. The highest BCUT2D eigenvalue weighted by Gasteiger charge is 2.11. The SMILES string of the molecule is COc1ccc(CNC(=O)c2cc(-c3ccc(OC)cc3)nc(=O)[nH]2)cc1. The standard InChI is InChI=1S/C20H19N3O4/c1-26-15-7-3-13(4-8-15)12-21-19(24)18-11-17(22-20(25)23-18)14-5-9-16(27-2)10-6-14/h3-11H,12H2,1-2H3,(H,21,24)(H,22,23,25). The number of carbonyl (C=O) groups excluding carboxylic acids is 1. The topological polar surface area (TPSA) is 93.3 Å². The summed E-state index contributed by atoms with van der Waals surface area (Å²) in [5.74, 6) is 1.05. The lowest BCUT2D eigenvalue weighted by molar-refractivity contribution is 0.0945. The van der Waals surface area contributed by atoms with E-state index in [1.807, 2.05) is 24.3 Å². The first-order chi connectivity index (χ1) is 13.1. The zero-order valence-electron chi connectivity index (χ0n) is 15.0. The van der Waals surface area contributed by atoms with Gasteiger partial charge < -0.3 is 19.8 Å². The number of benzene rings is 2. The van der Waals surface area contributed by atoms with Gasteiger partial charge in [-0.3, -0.25) is 4.79 Å². The summed E-state index contributed by atoms with van der Waals surface area (Å²) in [6.07, 6.45) is 0. The van der Waals surface area contributed by atoms with Crippen LogP contribution in [0.1, 0.15) is 16.1 Å². The molecule has 0 atom stereocenters. The molecule has 1 heterocycles. The molecule has 0 aliphatic rings. The van der Waals surface area contributed by atoms with E-state index in [0.29, 0.717) is 23.6 Å². The average Bonchev–Trinajstić information content (AvgIpc) is 2.72. The summed E-state index contributed by atoms with van der Waals surface area (Å²) in [6, 6.07) is 16.0. The van der Waals surface area contributed by atoms with E-state index in [1.165, 1.54) is 0 Å².